The molecule has 25 heavy (non-hydrogen) atoms. The van der Waals surface area contributed by atoms with Crippen molar-refractivity contribution in [2.45, 2.75) is 26.2 Å². The van der Waals surface area contributed by atoms with Gasteiger partial charge in [0.25, 0.3) is 0 Å². The van der Waals surface area contributed by atoms with E-state index in [0.29, 0.717) is 25.9 Å². The second-order valence-corrected chi connectivity index (χ2v) is 6.24. The Hall–Kier alpha value is -2.56. The number of carbonyl (C=O) groups is 2. The van der Waals surface area contributed by atoms with E-state index in [1.807, 2.05) is 37.3 Å². The van der Waals surface area contributed by atoms with E-state index in [2.05, 4.69) is 0 Å². The molecule has 5 heteroatoms. The Morgan fingerprint density at radius 3 is 2.68 bits per heavy atom. The summed E-state index contributed by atoms with van der Waals surface area (Å²) in [5, 5.41) is 1.02. The standard InChI is InChI=1S/C20H23NO4/c1-3-17-16(15-6-4-5-7-18(15)25-17)8-9-19(22)21-12-10-14(11-13-21)20(23)24-2/h4-9,14H,3,10-13H2,1-2H3/b9-8+. The number of esters is 1. The van der Waals surface area contributed by atoms with Crippen LogP contribution in [-0.2, 0) is 20.7 Å². The number of aryl methyl sites for hydroxylation is 1. The zero-order chi connectivity index (χ0) is 17.8. The molecule has 0 radical (unpaired) electrons. The molecule has 1 amide bonds. The monoisotopic (exact) mass is 341 g/mol. The van der Waals surface area contributed by atoms with E-state index in [1.54, 1.807) is 11.0 Å². The maximum absolute atomic E-state index is 12.5. The van der Waals surface area contributed by atoms with Crippen LogP contribution in [-0.4, -0.2) is 37.0 Å². The van der Waals surface area contributed by atoms with E-state index in [9.17, 15) is 9.59 Å². The Labute approximate surface area is 147 Å². The minimum Gasteiger partial charge on any atom is -0.469 e. The van der Waals surface area contributed by atoms with Crippen molar-refractivity contribution in [2.24, 2.45) is 5.92 Å². The second kappa shape index (κ2) is 7.55. The van der Waals surface area contributed by atoms with Crippen LogP contribution in [0.1, 0.15) is 31.1 Å². The van der Waals surface area contributed by atoms with Crippen molar-refractivity contribution in [1.82, 2.24) is 4.90 Å². The SMILES string of the molecule is CCc1oc2ccccc2c1/C=C/C(=O)N1CCC(C(=O)OC)CC1. The lowest BCUT2D eigenvalue weighted by Crippen LogP contribution is -2.39. The fraction of sp³-hybridized carbons (Fsp3) is 0.400. The van der Waals surface area contributed by atoms with Gasteiger partial charge in [-0.15, -0.1) is 0 Å². The average molecular weight is 341 g/mol. The summed E-state index contributed by atoms with van der Waals surface area (Å²) in [7, 11) is 1.41. The lowest BCUT2D eigenvalue weighted by Gasteiger charge is -2.29. The first kappa shape index (κ1) is 17.3. The average Bonchev–Trinajstić information content (AvgIpc) is 3.03. The lowest BCUT2D eigenvalue weighted by molar-refractivity contribution is -0.148. The number of methoxy groups -OCH3 is 1. The second-order valence-electron chi connectivity index (χ2n) is 6.24. The zero-order valence-electron chi connectivity index (χ0n) is 14.7. The summed E-state index contributed by atoms with van der Waals surface area (Å²) in [6, 6.07) is 7.85. The molecule has 1 fully saturated rings. The normalized spacial score (nSPS) is 15.8. The van der Waals surface area contributed by atoms with Crippen LogP contribution in [0.15, 0.2) is 34.8 Å². The molecule has 1 aliphatic rings. The lowest BCUT2D eigenvalue weighted by atomic mass is 9.97. The molecule has 1 aromatic carbocycles. The fourth-order valence-electron chi connectivity index (χ4n) is 3.32. The quantitative estimate of drug-likeness (QED) is 0.631. The highest BCUT2D eigenvalue weighted by Crippen LogP contribution is 2.27. The Kier molecular flexibility index (Phi) is 5.22. The number of amides is 1. The molecule has 0 spiro atoms. The Balaban J connectivity index is 1.71. The first-order valence-corrected chi connectivity index (χ1v) is 8.69. The van der Waals surface area contributed by atoms with Crippen LogP contribution in [0.2, 0.25) is 0 Å². The van der Waals surface area contributed by atoms with E-state index in [-0.39, 0.29) is 17.8 Å². The van der Waals surface area contributed by atoms with E-state index in [4.69, 9.17) is 9.15 Å². The maximum Gasteiger partial charge on any atom is 0.308 e. The molecule has 0 N–H and O–H groups in total. The van der Waals surface area contributed by atoms with Crippen molar-refractivity contribution in [3.8, 4) is 0 Å². The number of hydrogen-bond donors (Lipinski definition) is 0. The van der Waals surface area contributed by atoms with Gasteiger partial charge in [-0.2, -0.15) is 0 Å². The van der Waals surface area contributed by atoms with Crippen LogP contribution < -0.4 is 0 Å². The fourth-order valence-corrected chi connectivity index (χ4v) is 3.32. The van der Waals surface area contributed by atoms with E-state index >= 15 is 0 Å². The number of rotatable bonds is 4. The molecule has 1 aromatic heterocycles. The first-order chi connectivity index (χ1) is 12.1. The minimum atomic E-state index is -0.180. The zero-order valence-corrected chi connectivity index (χ0v) is 14.7. The number of ether oxygens (including phenoxy) is 1. The highest BCUT2D eigenvalue weighted by molar-refractivity contribution is 5.96. The Bertz CT molecular complexity index is 797. The summed E-state index contributed by atoms with van der Waals surface area (Å²) in [6.07, 6.45) is 5.53. The maximum atomic E-state index is 12.5. The van der Waals surface area contributed by atoms with Crippen molar-refractivity contribution in [3.63, 3.8) is 0 Å². The van der Waals surface area contributed by atoms with Gasteiger partial charge in [0, 0.05) is 36.5 Å². The van der Waals surface area contributed by atoms with E-state index in [1.165, 1.54) is 7.11 Å². The number of likely N-dealkylation sites (tertiary alicyclic amines) is 1. The molecule has 1 saturated heterocycles. The van der Waals surface area contributed by atoms with E-state index < -0.39 is 0 Å². The largest absolute Gasteiger partial charge is 0.469 e. The molecular formula is C20H23NO4. The molecule has 0 aliphatic carbocycles. The third-order valence-electron chi connectivity index (χ3n) is 4.77. The van der Waals surface area contributed by atoms with Gasteiger partial charge in [-0.05, 0) is 25.0 Å². The van der Waals surface area contributed by atoms with Gasteiger partial charge in [0.05, 0.1) is 13.0 Å². The number of nitrogens with zero attached hydrogens (tertiary/aromatic N) is 1. The molecule has 2 aromatic rings. The predicted octanol–water partition coefficient (Wildman–Crippen LogP) is 3.42. The number of furan rings is 1. The van der Waals surface area contributed by atoms with Gasteiger partial charge in [-0.25, -0.2) is 0 Å². The summed E-state index contributed by atoms with van der Waals surface area (Å²) < 4.78 is 10.6. The van der Waals surface area contributed by atoms with Crippen LogP contribution >= 0.6 is 0 Å². The van der Waals surface area contributed by atoms with Crippen molar-refractivity contribution in [2.75, 3.05) is 20.2 Å². The highest BCUT2D eigenvalue weighted by atomic mass is 16.5. The minimum absolute atomic E-state index is 0.0318. The third-order valence-corrected chi connectivity index (χ3v) is 4.77. The van der Waals surface area contributed by atoms with Gasteiger partial charge in [-0.1, -0.05) is 25.1 Å². The number of fused-ring (bicyclic) bond motifs is 1. The van der Waals surface area contributed by atoms with Crippen molar-refractivity contribution >= 4 is 28.9 Å². The molecule has 0 saturated carbocycles. The van der Waals surface area contributed by atoms with Crippen LogP contribution in [0.25, 0.3) is 17.0 Å². The molecule has 132 valence electrons. The Morgan fingerprint density at radius 2 is 2.00 bits per heavy atom. The molecule has 1 aliphatic heterocycles. The van der Waals surface area contributed by atoms with Crippen molar-refractivity contribution < 1.29 is 18.7 Å². The summed E-state index contributed by atoms with van der Waals surface area (Å²) in [5.74, 6) is 0.577. The summed E-state index contributed by atoms with van der Waals surface area (Å²) in [5.41, 5.74) is 1.81. The molecule has 0 unspecified atom stereocenters. The number of carbonyl (C=O) groups excluding carboxylic acids is 2. The molecule has 3 rings (SSSR count). The highest BCUT2D eigenvalue weighted by Gasteiger charge is 2.27. The molecule has 2 heterocycles. The smallest absolute Gasteiger partial charge is 0.308 e. The number of benzene rings is 1. The van der Waals surface area contributed by atoms with Crippen LogP contribution in [0.4, 0.5) is 0 Å². The van der Waals surface area contributed by atoms with Gasteiger partial charge >= 0.3 is 5.97 Å². The third kappa shape index (κ3) is 3.60. The van der Waals surface area contributed by atoms with Gasteiger partial charge in [-0.3, -0.25) is 9.59 Å². The van der Waals surface area contributed by atoms with Gasteiger partial charge < -0.3 is 14.1 Å². The van der Waals surface area contributed by atoms with E-state index in [0.717, 1.165) is 28.7 Å². The van der Waals surface area contributed by atoms with Crippen molar-refractivity contribution in [1.29, 1.82) is 0 Å². The summed E-state index contributed by atoms with van der Waals surface area (Å²) in [4.78, 5) is 25.8. The molecular weight excluding hydrogens is 318 g/mol. The van der Waals surface area contributed by atoms with Gasteiger partial charge in [0.2, 0.25) is 5.91 Å². The number of piperidine rings is 1. The first-order valence-electron chi connectivity index (χ1n) is 8.69. The number of para-hydroxylation sites is 1. The van der Waals surface area contributed by atoms with Gasteiger partial charge in [0.15, 0.2) is 0 Å². The van der Waals surface area contributed by atoms with Crippen molar-refractivity contribution in [3.05, 3.63) is 41.7 Å². The van der Waals surface area contributed by atoms with Gasteiger partial charge in [0.1, 0.15) is 11.3 Å². The molecule has 0 atom stereocenters. The molecule has 5 nitrogen and oxygen atoms in total. The molecule has 0 bridgehead atoms. The topological polar surface area (TPSA) is 59.8 Å². The predicted molar refractivity (Wildman–Crippen MR) is 95.9 cm³/mol. The van der Waals surface area contributed by atoms with Crippen LogP contribution in [0.3, 0.4) is 0 Å². The van der Waals surface area contributed by atoms with Crippen LogP contribution in [0, 0.1) is 5.92 Å². The summed E-state index contributed by atoms with van der Waals surface area (Å²) in [6.45, 7) is 3.19. The Morgan fingerprint density at radius 1 is 1.28 bits per heavy atom. The van der Waals surface area contributed by atoms with Crippen LogP contribution in [0.5, 0.6) is 0 Å². The number of hydrogen-bond acceptors (Lipinski definition) is 4. The summed E-state index contributed by atoms with van der Waals surface area (Å²) >= 11 is 0.